The minimum Gasteiger partial charge on any atom is -0.494 e. The smallest absolute Gasteiger partial charge is 0.341 e. The lowest BCUT2D eigenvalue weighted by molar-refractivity contribution is -0.270. The van der Waals surface area contributed by atoms with Crippen LogP contribution in [0.2, 0.25) is 0 Å². The zero-order valence-electron chi connectivity index (χ0n) is 37.1. The van der Waals surface area contributed by atoms with E-state index in [0.29, 0.717) is 32.0 Å². The highest BCUT2D eigenvalue weighted by atomic mass is 17.2. The van der Waals surface area contributed by atoms with Gasteiger partial charge >= 0.3 is 17.9 Å². The van der Waals surface area contributed by atoms with E-state index in [9.17, 15) is 19.6 Å². The third-order valence-electron chi connectivity index (χ3n) is 10.1. The minimum absolute atomic E-state index is 0.123. The first-order valence-electron chi connectivity index (χ1n) is 21.7. The second kappa shape index (κ2) is 27.9. The van der Waals surface area contributed by atoms with Crippen molar-refractivity contribution in [1.29, 1.82) is 0 Å². The molecule has 5 aromatic carbocycles. The first-order valence-corrected chi connectivity index (χ1v) is 21.7. The maximum absolute atomic E-state index is 12.6. The van der Waals surface area contributed by atoms with Crippen LogP contribution in [-0.4, -0.2) is 69.1 Å². The van der Waals surface area contributed by atoms with E-state index >= 15 is 0 Å². The van der Waals surface area contributed by atoms with Gasteiger partial charge in [0.1, 0.15) is 29.8 Å². The Morgan fingerprint density at radius 2 is 1.12 bits per heavy atom. The number of rotatable bonds is 29. The average molecular weight is 901 g/mol. The number of fused-ring (bicyclic) bond motifs is 1. The molecule has 1 unspecified atom stereocenters. The van der Waals surface area contributed by atoms with Crippen molar-refractivity contribution in [3.05, 3.63) is 162 Å². The topological polar surface area (TPSA) is 170 Å². The van der Waals surface area contributed by atoms with Gasteiger partial charge in [0, 0.05) is 12.2 Å². The van der Waals surface area contributed by atoms with Crippen LogP contribution in [0.1, 0.15) is 95.6 Å². The molecular weight excluding hydrogens is 845 g/mol. The minimum atomic E-state index is -0.699. The zero-order chi connectivity index (χ0) is 46.8. The number of benzene rings is 5. The molecule has 14 nitrogen and oxygen atoms in total. The molecule has 1 atom stereocenters. The summed E-state index contributed by atoms with van der Waals surface area (Å²) in [4.78, 5) is 50.7. The number of hydrogen-bond donors (Lipinski definition) is 1. The number of carbonyl (C=O) groups excluding carboxylic acids is 3. The van der Waals surface area contributed by atoms with Crippen molar-refractivity contribution < 1.29 is 58.0 Å². The van der Waals surface area contributed by atoms with Gasteiger partial charge in [0.2, 0.25) is 0 Å². The van der Waals surface area contributed by atoms with Crippen LogP contribution in [0.3, 0.4) is 0 Å². The summed E-state index contributed by atoms with van der Waals surface area (Å²) in [7, 11) is 1.28. The van der Waals surface area contributed by atoms with E-state index in [4.69, 9.17) is 38.3 Å². The number of hydrogen-bond acceptors (Lipinski definition) is 14. The van der Waals surface area contributed by atoms with Crippen LogP contribution in [0.25, 0.3) is 10.8 Å². The number of unbranched alkanes of at least 4 members (excludes halogenated alkanes) is 6. The maximum atomic E-state index is 12.6. The number of methoxy groups -OCH3 is 1. The van der Waals surface area contributed by atoms with E-state index in [1.807, 2.05) is 84.9 Å². The molecule has 0 bridgehead atoms. The summed E-state index contributed by atoms with van der Waals surface area (Å²) in [5.74, 6) is 0.233. The quantitative estimate of drug-likeness (QED) is 0.00918. The lowest BCUT2D eigenvalue weighted by atomic mass is 9.97. The van der Waals surface area contributed by atoms with E-state index in [-0.39, 0.29) is 17.9 Å². The molecule has 0 saturated carbocycles. The van der Waals surface area contributed by atoms with Gasteiger partial charge in [-0.05, 0) is 145 Å². The third kappa shape index (κ3) is 16.8. The van der Waals surface area contributed by atoms with Crippen molar-refractivity contribution in [3.63, 3.8) is 0 Å². The van der Waals surface area contributed by atoms with Crippen molar-refractivity contribution in [1.82, 2.24) is 0 Å². The molecule has 0 amide bonds. The highest BCUT2D eigenvalue weighted by molar-refractivity contribution is 5.95. The molecular formula is C52H56N2O12. The second-order valence-corrected chi connectivity index (χ2v) is 14.9. The van der Waals surface area contributed by atoms with Crippen LogP contribution in [0.15, 0.2) is 139 Å². The predicted molar refractivity (Wildman–Crippen MR) is 251 cm³/mol. The van der Waals surface area contributed by atoms with E-state index in [0.717, 1.165) is 108 Å². The Bertz CT molecular complexity index is 2400. The number of nitrogens with zero attached hydrogens (tertiary/aromatic N) is 2. The first kappa shape index (κ1) is 49.9. The molecule has 1 N–H and O–H groups in total. The Morgan fingerprint density at radius 1 is 0.606 bits per heavy atom. The van der Waals surface area contributed by atoms with Crippen LogP contribution in [0.4, 0.5) is 0 Å². The fraction of sp³-hybridized carbons (Fsp3) is 0.288. The molecule has 0 saturated heterocycles. The Balaban J connectivity index is 1.06. The average Bonchev–Trinajstić information content (AvgIpc) is 3.35. The summed E-state index contributed by atoms with van der Waals surface area (Å²) in [6, 6.07) is 31.4. The van der Waals surface area contributed by atoms with E-state index in [1.165, 1.54) is 13.3 Å². The Kier molecular flexibility index (Phi) is 21.1. The van der Waals surface area contributed by atoms with Gasteiger partial charge in [0.15, 0.2) is 5.75 Å². The summed E-state index contributed by atoms with van der Waals surface area (Å²) < 4.78 is 26.6. The van der Waals surface area contributed by atoms with Crippen molar-refractivity contribution in [3.8, 4) is 17.2 Å². The summed E-state index contributed by atoms with van der Waals surface area (Å²) in [6.45, 7) is 8.81. The molecule has 0 spiro atoms. The molecule has 66 heavy (non-hydrogen) atoms. The van der Waals surface area contributed by atoms with Gasteiger partial charge in [-0.15, -0.1) is 0 Å². The molecule has 14 heteroatoms. The first-order chi connectivity index (χ1) is 32.3. The number of ether oxygens (including phenoxy) is 5. The Labute approximate surface area is 384 Å². The highest BCUT2D eigenvalue weighted by Crippen LogP contribution is 2.30. The summed E-state index contributed by atoms with van der Waals surface area (Å²) in [5, 5.41) is 20.2. The third-order valence-corrected chi connectivity index (χ3v) is 10.1. The standard InChI is InChI=1S/C52H56N2O12/c1-4-49(55)62-30-12-8-6-10-28-60-45-23-15-38(16-24-45)37-64-66-48-27-17-40(33-47(48)52(57)59-3)36-54-53-35-39-14-18-43-34-44(20-19-42(43)32-39)51(65-58)41-21-25-46(26-22-41)61-29-11-7-9-13-31-63-50(56)5-2/h4-5,14-27,32-36,51,58H,1-2,6-13,28-31,37H2,3H3. The fourth-order valence-corrected chi connectivity index (χ4v) is 6.55. The van der Waals surface area contributed by atoms with Crippen LogP contribution in [0.5, 0.6) is 17.2 Å². The highest BCUT2D eigenvalue weighted by Gasteiger charge is 2.17. The lowest BCUT2D eigenvalue weighted by Crippen LogP contribution is -2.07. The zero-order valence-corrected chi connectivity index (χ0v) is 37.1. The van der Waals surface area contributed by atoms with Crippen LogP contribution < -0.4 is 14.4 Å². The SMILES string of the molecule is C=CC(=O)OCCCCCCOc1ccc(COOc2ccc(C=NN=Cc3ccc4cc(C(OO)c5ccc(OCCCCCCOC(=O)C=C)cc5)ccc4c3)cc2C(=O)OC)cc1. The van der Waals surface area contributed by atoms with Crippen LogP contribution >= 0.6 is 0 Å². The summed E-state index contributed by atoms with van der Waals surface area (Å²) in [5.41, 5.74) is 3.94. The number of carbonyl (C=O) groups is 3. The summed E-state index contributed by atoms with van der Waals surface area (Å²) >= 11 is 0. The number of esters is 3. The lowest BCUT2D eigenvalue weighted by Gasteiger charge is -2.16. The molecule has 0 radical (unpaired) electrons. The van der Waals surface area contributed by atoms with Gasteiger partial charge < -0.3 is 28.6 Å². The van der Waals surface area contributed by atoms with E-state index in [1.54, 1.807) is 24.4 Å². The summed E-state index contributed by atoms with van der Waals surface area (Å²) in [6.07, 6.45) is 11.9. The monoisotopic (exact) mass is 900 g/mol. The van der Waals surface area contributed by atoms with Gasteiger partial charge in [0.25, 0.3) is 0 Å². The molecule has 346 valence electrons. The van der Waals surface area contributed by atoms with Crippen molar-refractivity contribution in [2.75, 3.05) is 33.5 Å². The Hall–Kier alpha value is -7.13. The normalized spacial score (nSPS) is 11.6. The molecule has 0 heterocycles. The van der Waals surface area contributed by atoms with E-state index < -0.39 is 24.0 Å². The molecule has 0 aliphatic rings. The second-order valence-electron chi connectivity index (χ2n) is 14.9. The molecule has 5 rings (SSSR count). The van der Waals surface area contributed by atoms with E-state index in [2.05, 4.69) is 23.4 Å². The van der Waals surface area contributed by atoms with Crippen molar-refractivity contribution in [2.24, 2.45) is 10.2 Å². The Morgan fingerprint density at radius 3 is 1.70 bits per heavy atom. The van der Waals surface area contributed by atoms with Crippen molar-refractivity contribution >= 4 is 41.1 Å². The molecule has 5 aromatic rings. The molecule has 0 aromatic heterocycles. The molecule has 0 aliphatic heterocycles. The maximum Gasteiger partial charge on any atom is 0.341 e. The van der Waals surface area contributed by atoms with Gasteiger partial charge in [0.05, 0.1) is 46.0 Å². The van der Waals surface area contributed by atoms with Crippen molar-refractivity contribution in [2.45, 2.75) is 64.1 Å². The fourth-order valence-electron chi connectivity index (χ4n) is 6.55. The largest absolute Gasteiger partial charge is 0.494 e. The van der Waals surface area contributed by atoms with Crippen LogP contribution in [0, 0.1) is 0 Å². The predicted octanol–water partition coefficient (Wildman–Crippen LogP) is 10.5. The van der Waals surface area contributed by atoms with Gasteiger partial charge in [-0.2, -0.15) is 15.1 Å². The van der Waals surface area contributed by atoms with Crippen LogP contribution in [-0.2, 0) is 40.2 Å². The molecule has 0 aliphatic carbocycles. The molecule has 0 fully saturated rings. The van der Waals surface area contributed by atoms with Gasteiger partial charge in [-0.3, -0.25) is 5.26 Å². The van der Waals surface area contributed by atoms with Gasteiger partial charge in [-0.25, -0.2) is 19.3 Å². The van der Waals surface area contributed by atoms with Gasteiger partial charge in [-0.1, -0.05) is 61.7 Å².